The maximum absolute atomic E-state index is 6.17. The van der Waals surface area contributed by atoms with E-state index in [2.05, 4.69) is 18.0 Å². The predicted octanol–water partition coefficient (Wildman–Crippen LogP) is 4.80. The van der Waals surface area contributed by atoms with Crippen LogP contribution in [0.3, 0.4) is 0 Å². The Labute approximate surface area is 105 Å². The summed E-state index contributed by atoms with van der Waals surface area (Å²) in [6.07, 6.45) is 1.99. The van der Waals surface area contributed by atoms with Crippen LogP contribution in [0.4, 0.5) is 0 Å². The van der Waals surface area contributed by atoms with E-state index < -0.39 is 0 Å². The normalized spacial score (nSPS) is 11.0. The minimum Gasteiger partial charge on any atom is -0.235 e. The second-order valence-electron chi connectivity index (χ2n) is 3.95. The van der Waals surface area contributed by atoms with Crippen molar-refractivity contribution >= 4 is 34.1 Å². The van der Waals surface area contributed by atoms with Gasteiger partial charge in [0.1, 0.15) is 5.15 Å². The largest absolute Gasteiger partial charge is 0.235 e. The molecule has 0 bridgehead atoms. The molecule has 0 atom stereocenters. The molecule has 0 radical (unpaired) electrons. The molecule has 0 aliphatic rings. The lowest BCUT2D eigenvalue weighted by molar-refractivity contribution is 0.917. The molecule has 0 saturated carbocycles. The third kappa shape index (κ3) is 2.02. The average molecular weight is 254 g/mol. The Hall–Kier alpha value is -0.790. The summed E-state index contributed by atoms with van der Waals surface area (Å²) in [5.74, 6) is 0. The minimum absolute atomic E-state index is 0.597. The monoisotopic (exact) mass is 253 g/mol. The van der Waals surface area contributed by atoms with Crippen molar-refractivity contribution in [3.8, 4) is 0 Å². The second kappa shape index (κ2) is 4.60. The van der Waals surface area contributed by atoms with Crippen molar-refractivity contribution in [2.75, 3.05) is 0 Å². The van der Waals surface area contributed by atoms with Gasteiger partial charge < -0.3 is 0 Å². The number of aromatic nitrogens is 1. The number of pyridine rings is 1. The molecule has 1 aromatic heterocycles. The zero-order chi connectivity index (χ0) is 11.7. The maximum Gasteiger partial charge on any atom is 0.132 e. The first-order valence-corrected chi connectivity index (χ1v) is 6.13. The lowest BCUT2D eigenvalue weighted by Crippen LogP contribution is -1.92. The molecule has 0 N–H and O–H groups in total. The SMILES string of the molecule is CCCc1cc2c(Cl)ccc(C)c2nc1Cl. The summed E-state index contributed by atoms with van der Waals surface area (Å²) in [6, 6.07) is 5.93. The van der Waals surface area contributed by atoms with Crippen LogP contribution in [0.5, 0.6) is 0 Å². The van der Waals surface area contributed by atoms with Crippen molar-refractivity contribution in [3.05, 3.63) is 39.5 Å². The van der Waals surface area contributed by atoms with Gasteiger partial charge in [-0.2, -0.15) is 0 Å². The van der Waals surface area contributed by atoms with Crippen LogP contribution in [-0.2, 0) is 6.42 Å². The van der Waals surface area contributed by atoms with E-state index in [0.29, 0.717) is 5.15 Å². The number of fused-ring (bicyclic) bond motifs is 1. The Morgan fingerprint density at radius 3 is 2.69 bits per heavy atom. The summed E-state index contributed by atoms with van der Waals surface area (Å²) in [6.45, 7) is 4.14. The molecule has 0 unspecified atom stereocenters. The molecule has 16 heavy (non-hydrogen) atoms. The zero-order valence-corrected chi connectivity index (χ0v) is 10.9. The van der Waals surface area contributed by atoms with Crippen molar-refractivity contribution < 1.29 is 0 Å². The summed E-state index contributed by atoms with van der Waals surface area (Å²) in [5.41, 5.74) is 3.07. The van der Waals surface area contributed by atoms with Gasteiger partial charge in [0.15, 0.2) is 0 Å². The third-order valence-corrected chi connectivity index (χ3v) is 3.34. The second-order valence-corrected chi connectivity index (χ2v) is 4.71. The molecule has 0 fully saturated rings. The number of hydrogen-bond acceptors (Lipinski definition) is 1. The molecule has 1 heterocycles. The van der Waals surface area contributed by atoms with E-state index in [1.165, 1.54) is 0 Å². The lowest BCUT2D eigenvalue weighted by Gasteiger charge is -2.08. The summed E-state index contributed by atoms with van der Waals surface area (Å²) in [4.78, 5) is 4.44. The fourth-order valence-electron chi connectivity index (χ4n) is 1.83. The maximum atomic E-state index is 6.17. The van der Waals surface area contributed by atoms with E-state index in [0.717, 1.165) is 39.9 Å². The lowest BCUT2D eigenvalue weighted by atomic mass is 10.1. The molecule has 0 spiro atoms. The Kier molecular flexibility index (Phi) is 3.36. The Morgan fingerprint density at radius 2 is 2.00 bits per heavy atom. The summed E-state index contributed by atoms with van der Waals surface area (Å²) in [5, 5.41) is 2.33. The van der Waals surface area contributed by atoms with Crippen molar-refractivity contribution in [1.29, 1.82) is 0 Å². The Bertz CT molecular complexity index is 535. The number of benzene rings is 1. The third-order valence-electron chi connectivity index (χ3n) is 2.68. The van der Waals surface area contributed by atoms with Gasteiger partial charge in [-0.05, 0) is 36.6 Å². The van der Waals surface area contributed by atoms with Crippen LogP contribution in [-0.4, -0.2) is 4.98 Å². The van der Waals surface area contributed by atoms with E-state index in [9.17, 15) is 0 Å². The number of rotatable bonds is 2. The molecule has 1 nitrogen and oxygen atoms in total. The highest BCUT2D eigenvalue weighted by molar-refractivity contribution is 6.36. The zero-order valence-electron chi connectivity index (χ0n) is 9.35. The summed E-state index contributed by atoms with van der Waals surface area (Å²) < 4.78 is 0. The van der Waals surface area contributed by atoms with Crippen molar-refractivity contribution in [1.82, 2.24) is 4.98 Å². The van der Waals surface area contributed by atoms with Crippen LogP contribution in [0.1, 0.15) is 24.5 Å². The first kappa shape index (κ1) is 11.7. The first-order chi connectivity index (χ1) is 7.63. The summed E-state index contributed by atoms with van der Waals surface area (Å²) in [7, 11) is 0. The predicted molar refractivity (Wildman–Crippen MR) is 70.5 cm³/mol. The van der Waals surface area contributed by atoms with Crippen LogP contribution in [0, 0.1) is 6.92 Å². The van der Waals surface area contributed by atoms with Crippen LogP contribution < -0.4 is 0 Å². The highest BCUT2D eigenvalue weighted by atomic mass is 35.5. The molecule has 84 valence electrons. The Balaban J connectivity index is 2.73. The highest BCUT2D eigenvalue weighted by Gasteiger charge is 2.08. The Morgan fingerprint density at radius 1 is 1.25 bits per heavy atom. The topological polar surface area (TPSA) is 12.9 Å². The van der Waals surface area contributed by atoms with Gasteiger partial charge in [0.05, 0.1) is 5.52 Å². The van der Waals surface area contributed by atoms with E-state index in [4.69, 9.17) is 23.2 Å². The molecule has 2 aromatic rings. The smallest absolute Gasteiger partial charge is 0.132 e. The van der Waals surface area contributed by atoms with Crippen LogP contribution in [0.2, 0.25) is 10.2 Å². The quantitative estimate of drug-likeness (QED) is 0.701. The van der Waals surface area contributed by atoms with Gasteiger partial charge in [-0.1, -0.05) is 42.6 Å². The van der Waals surface area contributed by atoms with Crippen molar-refractivity contribution in [3.63, 3.8) is 0 Å². The standard InChI is InChI=1S/C13H13Cl2N/c1-3-4-9-7-10-11(14)6-5-8(2)12(10)16-13(9)15/h5-7H,3-4H2,1-2H3. The van der Waals surface area contributed by atoms with Crippen LogP contribution in [0.25, 0.3) is 10.9 Å². The summed E-state index contributed by atoms with van der Waals surface area (Å²) >= 11 is 12.3. The van der Waals surface area contributed by atoms with Gasteiger partial charge in [-0.3, -0.25) is 0 Å². The molecule has 0 saturated heterocycles. The van der Waals surface area contributed by atoms with Gasteiger partial charge in [0.25, 0.3) is 0 Å². The van der Waals surface area contributed by atoms with Crippen LogP contribution >= 0.6 is 23.2 Å². The fourth-order valence-corrected chi connectivity index (χ4v) is 2.27. The van der Waals surface area contributed by atoms with Gasteiger partial charge in [-0.15, -0.1) is 0 Å². The van der Waals surface area contributed by atoms with Gasteiger partial charge in [0, 0.05) is 10.4 Å². The van der Waals surface area contributed by atoms with Crippen molar-refractivity contribution in [2.24, 2.45) is 0 Å². The van der Waals surface area contributed by atoms with E-state index >= 15 is 0 Å². The number of halogens is 2. The molecular weight excluding hydrogens is 241 g/mol. The van der Waals surface area contributed by atoms with E-state index in [1.54, 1.807) is 0 Å². The minimum atomic E-state index is 0.597. The van der Waals surface area contributed by atoms with E-state index in [-0.39, 0.29) is 0 Å². The first-order valence-electron chi connectivity index (χ1n) is 5.37. The van der Waals surface area contributed by atoms with Crippen LogP contribution in [0.15, 0.2) is 18.2 Å². The molecule has 0 aliphatic carbocycles. The average Bonchev–Trinajstić information content (AvgIpc) is 2.26. The highest BCUT2D eigenvalue weighted by Crippen LogP contribution is 2.29. The fraction of sp³-hybridized carbons (Fsp3) is 0.308. The number of aryl methyl sites for hydroxylation is 2. The van der Waals surface area contributed by atoms with Gasteiger partial charge >= 0.3 is 0 Å². The molecule has 0 amide bonds. The number of hydrogen-bond donors (Lipinski definition) is 0. The van der Waals surface area contributed by atoms with Gasteiger partial charge in [0.2, 0.25) is 0 Å². The molecule has 2 rings (SSSR count). The molecule has 0 aliphatic heterocycles. The van der Waals surface area contributed by atoms with Gasteiger partial charge in [-0.25, -0.2) is 4.98 Å². The number of nitrogens with zero attached hydrogens (tertiary/aromatic N) is 1. The molecular formula is C13H13Cl2N. The van der Waals surface area contributed by atoms with Crippen molar-refractivity contribution in [2.45, 2.75) is 26.7 Å². The molecule has 3 heteroatoms. The van der Waals surface area contributed by atoms with E-state index in [1.807, 2.05) is 19.1 Å². The molecule has 1 aromatic carbocycles.